The molecule has 31 heavy (non-hydrogen) atoms. The molecule has 0 saturated heterocycles. The van der Waals surface area contributed by atoms with Crippen LogP contribution in [0.3, 0.4) is 0 Å². The zero-order chi connectivity index (χ0) is 22.2. The number of ether oxygens (including phenoxy) is 3. The van der Waals surface area contributed by atoms with E-state index in [0.29, 0.717) is 23.7 Å². The van der Waals surface area contributed by atoms with Crippen molar-refractivity contribution in [1.29, 1.82) is 0 Å². The van der Waals surface area contributed by atoms with Crippen LogP contribution in [0.1, 0.15) is 33.7 Å². The van der Waals surface area contributed by atoms with Crippen molar-refractivity contribution in [2.24, 2.45) is 0 Å². The number of carbonyl (C=O) groups excluding carboxylic acids is 1. The average Bonchev–Trinajstić information content (AvgIpc) is 3.12. The van der Waals surface area contributed by atoms with E-state index in [1.807, 2.05) is 29.8 Å². The largest absolute Gasteiger partial charge is 0.497 e. The predicted octanol–water partition coefficient (Wildman–Crippen LogP) is 4.88. The van der Waals surface area contributed by atoms with Crippen LogP contribution < -0.4 is 14.2 Å². The number of benzene rings is 2. The van der Waals surface area contributed by atoms with Crippen LogP contribution in [0.2, 0.25) is 0 Å². The summed E-state index contributed by atoms with van der Waals surface area (Å²) in [4.78, 5) is 12.4. The second-order valence-electron chi connectivity index (χ2n) is 7.19. The van der Waals surface area contributed by atoms with Crippen molar-refractivity contribution >= 4 is 11.9 Å². The fourth-order valence-electron chi connectivity index (χ4n) is 3.23. The molecule has 0 aliphatic rings. The molecule has 3 rings (SSSR count). The maximum absolute atomic E-state index is 12.4. The Morgan fingerprint density at radius 2 is 1.77 bits per heavy atom. The Hall–Kier alpha value is -3.54. The lowest BCUT2D eigenvalue weighted by molar-refractivity contribution is 0.104. The molecule has 3 aromatic rings. The Balaban J connectivity index is 1.57. The summed E-state index contributed by atoms with van der Waals surface area (Å²) in [5.41, 5.74) is 3.63. The molecule has 0 saturated carbocycles. The molecule has 0 amide bonds. The quantitative estimate of drug-likeness (QED) is 0.266. The molecule has 2 aromatic carbocycles. The molecule has 0 aliphatic carbocycles. The molecule has 0 N–H and O–H groups in total. The van der Waals surface area contributed by atoms with E-state index in [-0.39, 0.29) is 5.78 Å². The van der Waals surface area contributed by atoms with E-state index in [9.17, 15) is 4.79 Å². The van der Waals surface area contributed by atoms with E-state index in [1.54, 1.807) is 50.6 Å². The van der Waals surface area contributed by atoms with E-state index in [4.69, 9.17) is 14.2 Å². The Morgan fingerprint density at radius 3 is 2.42 bits per heavy atom. The Labute approximate surface area is 183 Å². The van der Waals surface area contributed by atoms with Crippen LogP contribution in [0.15, 0.2) is 54.6 Å². The van der Waals surface area contributed by atoms with Gasteiger partial charge in [-0.3, -0.25) is 9.48 Å². The SMILES string of the molecule is COc1ccc(C(=O)/C=C/c2ccc(OCCCn3nc(C)cc3C)c(OC)c2)cc1. The minimum atomic E-state index is -0.0777. The van der Waals surface area contributed by atoms with Gasteiger partial charge in [0, 0.05) is 24.2 Å². The van der Waals surface area contributed by atoms with Crippen LogP contribution in [-0.4, -0.2) is 36.4 Å². The maximum Gasteiger partial charge on any atom is 0.185 e. The van der Waals surface area contributed by atoms with Crippen molar-refractivity contribution in [2.45, 2.75) is 26.8 Å². The Morgan fingerprint density at radius 1 is 1.00 bits per heavy atom. The molecule has 0 aliphatic heterocycles. The number of nitrogens with zero attached hydrogens (tertiary/aromatic N) is 2. The van der Waals surface area contributed by atoms with Gasteiger partial charge in [0.1, 0.15) is 5.75 Å². The van der Waals surface area contributed by atoms with Gasteiger partial charge < -0.3 is 14.2 Å². The molecule has 0 fully saturated rings. The molecule has 0 atom stereocenters. The van der Waals surface area contributed by atoms with Gasteiger partial charge >= 0.3 is 0 Å². The molecule has 1 aromatic heterocycles. The average molecular weight is 421 g/mol. The molecular weight excluding hydrogens is 392 g/mol. The molecule has 0 unspecified atom stereocenters. The third-order valence-corrected chi connectivity index (χ3v) is 4.86. The smallest absolute Gasteiger partial charge is 0.185 e. The summed E-state index contributed by atoms with van der Waals surface area (Å²) in [5, 5.41) is 4.46. The van der Waals surface area contributed by atoms with Crippen molar-refractivity contribution in [2.75, 3.05) is 20.8 Å². The molecular formula is C25H28N2O4. The predicted molar refractivity (Wildman–Crippen MR) is 121 cm³/mol. The van der Waals surface area contributed by atoms with Gasteiger partial charge in [0.2, 0.25) is 0 Å². The van der Waals surface area contributed by atoms with Crippen LogP contribution in [0.4, 0.5) is 0 Å². The number of allylic oxidation sites excluding steroid dienone is 1. The highest BCUT2D eigenvalue weighted by Crippen LogP contribution is 2.29. The summed E-state index contributed by atoms with van der Waals surface area (Å²) < 4.78 is 18.5. The first-order chi connectivity index (χ1) is 15.0. The van der Waals surface area contributed by atoms with Crippen molar-refractivity contribution in [3.8, 4) is 17.2 Å². The van der Waals surface area contributed by atoms with Gasteiger partial charge in [-0.05, 0) is 68.0 Å². The Bertz CT molecular complexity index is 1050. The molecule has 1 heterocycles. The highest BCUT2D eigenvalue weighted by atomic mass is 16.5. The third kappa shape index (κ3) is 5.98. The monoisotopic (exact) mass is 420 g/mol. The lowest BCUT2D eigenvalue weighted by Gasteiger charge is -2.12. The fourth-order valence-corrected chi connectivity index (χ4v) is 3.23. The standard InChI is InChI=1S/C25H28N2O4/c1-18-16-19(2)27(26-18)14-5-15-31-24-13-7-20(17-25(24)30-4)6-12-23(28)21-8-10-22(29-3)11-9-21/h6-13,16-17H,5,14-15H2,1-4H3/b12-6+. The molecule has 6 heteroatoms. The summed E-state index contributed by atoms with van der Waals surface area (Å²) in [5.74, 6) is 1.95. The topological polar surface area (TPSA) is 62.6 Å². The number of aryl methyl sites for hydroxylation is 3. The van der Waals surface area contributed by atoms with Gasteiger partial charge in [0.05, 0.1) is 26.5 Å². The second-order valence-corrected chi connectivity index (χ2v) is 7.19. The van der Waals surface area contributed by atoms with Crippen molar-refractivity contribution in [3.05, 3.63) is 77.1 Å². The van der Waals surface area contributed by atoms with Gasteiger partial charge in [-0.2, -0.15) is 5.10 Å². The van der Waals surface area contributed by atoms with Crippen LogP contribution in [0.5, 0.6) is 17.2 Å². The first-order valence-corrected chi connectivity index (χ1v) is 10.2. The fraction of sp³-hybridized carbons (Fsp3) is 0.280. The van der Waals surface area contributed by atoms with Gasteiger partial charge in [0.15, 0.2) is 17.3 Å². The normalized spacial score (nSPS) is 11.0. The summed E-state index contributed by atoms with van der Waals surface area (Å²) in [6, 6.07) is 14.7. The first kappa shape index (κ1) is 22.2. The van der Waals surface area contributed by atoms with Crippen molar-refractivity contribution < 1.29 is 19.0 Å². The lowest BCUT2D eigenvalue weighted by Crippen LogP contribution is -2.07. The van der Waals surface area contributed by atoms with Gasteiger partial charge in [0.25, 0.3) is 0 Å². The van der Waals surface area contributed by atoms with E-state index >= 15 is 0 Å². The number of methoxy groups -OCH3 is 2. The minimum Gasteiger partial charge on any atom is -0.497 e. The Kier molecular flexibility index (Phi) is 7.49. The highest BCUT2D eigenvalue weighted by molar-refractivity contribution is 6.06. The third-order valence-electron chi connectivity index (χ3n) is 4.86. The summed E-state index contributed by atoms with van der Waals surface area (Å²) in [6.45, 7) is 5.40. The number of aromatic nitrogens is 2. The number of carbonyl (C=O) groups is 1. The van der Waals surface area contributed by atoms with Gasteiger partial charge in [-0.25, -0.2) is 0 Å². The number of hydrogen-bond donors (Lipinski definition) is 0. The van der Waals surface area contributed by atoms with Gasteiger partial charge in [-0.1, -0.05) is 12.1 Å². The summed E-state index contributed by atoms with van der Waals surface area (Å²) in [6.07, 6.45) is 4.15. The minimum absolute atomic E-state index is 0.0777. The summed E-state index contributed by atoms with van der Waals surface area (Å²) >= 11 is 0. The maximum atomic E-state index is 12.4. The molecule has 0 bridgehead atoms. The summed E-state index contributed by atoms with van der Waals surface area (Å²) in [7, 11) is 3.20. The lowest BCUT2D eigenvalue weighted by atomic mass is 10.1. The first-order valence-electron chi connectivity index (χ1n) is 10.2. The highest BCUT2D eigenvalue weighted by Gasteiger charge is 2.07. The number of rotatable bonds is 10. The molecule has 0 radical (unpaired) electrons. The van der Waals surface area contributed by atoms with E-state index < -0.39 is 0 Å². The van der Waals surface area contributed by atoms with E-state index in [1.165, 1.54) is 0 Å². The van der Waals surface area contributed by atoms with Crippen molar-refractivity contribution in [3.63, 3.8) is 0 Å². The van der Waals surface area contributed by atoms with Crippen LogP contribution >= 0.6 is 0 Å². The zero-order valence-corrected chi connectivity index (χ0v) is 18.4. The van der Waals surface area contributed by atoms with Crippen LogP contribution in [0, 0.1) is 13.8 Å². The van der Waals surface area contributed by atoms with E-state index in [0.717, 1.165) is 35.7 Å². The number of hydrogen-bond acceptors (Lipinski definition) is 5. The molecule has 162 valence electrons. The second kappa shape index (κ2) is 10.5. The van der Waals surface area contributed by atoms with Crippen molar-refractivity contribution in [1.82, 2.24) is 9.78 Å². The van der Waals surface area contributed by atoms with E-state index in [2.05, 4.69) is 18.1 Å². The molecule has 0 spiro atoms. The van der Waals surface area contributed by atoms with Crippen LogP contribution in [0.25, 0.3) is 6.08 Å². The number of ketones is 1. The zero-order valence-electron chi connectivity index (χ0n) is 18.4. The van der Waals surface area contributed by atoms with Gasteiger partial charge in [-0.15, -0.1) is 0 Å². The molecule has 6 nitrogen and oxygen atoms in total. The van der Waals surface area contributed by atoms with Crippen LogP contribution in [-0.2, 0) is 6.54 Å².